The van der Waals surface area contributed by atoms with Gasteiger partial charge in [0.05, 0.1) is 31.5 Å². The van der Waals surface area contributed by atoms with Crippen molar-refractivity contribution in [3.63, 3.8) is 0 Å². The average Bonchev–Trinajstić information content (AvgIpc) is 3.27. The van der Waals surface area contributed by atoms with Gasteiger partial charge in [-0.1, -0.05) is 31.1 Å². The number of aryl methyl sites for hydroxylation is 2. The monoisotopic (exact) mass is 450 g/mol. The normalized spacial score (nSPS) is 21.1. The van der Waals surface area contributed by atoms with E-state index in [4.69, 9.17) is 9.26 Å². The van der Waals surface area contributed by atoms with Gasteiger partial charge in [0.15, 0.2) is 0 Å². The van der Waals surface area contributed by atoms with E-state index >= 15 is 0 Å². The Hall–Kier alpha value is -2.64. The molecule has 2 aliphatic rings. The number of carbonyl (C=O) groups excluding carboxylic acids is 1. The Labute approximate surface area is 195 Å². The number of hydrogen-bond acceptors (Lipinski definition) is 5. The summed E-state index contributed by atoms with van der Waals surface area (Å²) in [7, 11) is 0. The smallest absolute Gasteiger partial charge is 0.240 e. The molecule has 0 radical (unpaired) electrons. The van der Waals surface area contributed by atoms with Crippen LogP contribution in [0.1, 0.15) is 54.5 Å². The molecule has 5 rings (SSSR count). The molecule has 0 bridgehead atoms. The zero-order chi connectivity index (χ0) is 23.1. The van der Waals surface area contributed by atoms with Gasteiger partial charge in [-0.2, -0.15) is 0 Å². The van der Waals surface area contributed by atoms with Gasteiger partial charge in [-0.05, 0) is 49.8 Å². The van der Waals surface area contributed by atoms with Crippen molar-refractivity contribution in [2.75, 3.05) is 26.3 Å². The summed E-state index contributed by atoms with van der Waals surface area (Å²) in [6.45, 7) is 11.7. The second-order valence-corrected chi connectivity index (χ2v) is 9.87. The summed E-state index contributed by atoms with van der Waals surface area (Å²) in [5, 5.41) is 9.18. The first-order chi connectivity index (χ1) is 15.9. The molecular formula is C26H34N4O3. The summed E-state index contributed by atoms with van der Waals surface area (Å²) in [5.74, 6) is 1.56. The van der Waals surface area contributed by atoms with Crippen molar-refractivity contribution in [3.05, 3.63) is 52.5 Å². The number of amides is 1. The molecule has 0 aliphatic carbocycles. The molecule has 176 valence electrons. The van der Waals surface area contributed by atoms with Crippen molar-refractivity contribution >= 4 is 16.8 Å². The number of nitrogens with one attached hydrogen (secondary N) is 1. The summed E-state index contributed by atoms with van der Waals surface area (Å²) in [4.78, 5) is 15.5. The first-order valence-corrected chi connectivity index (χ1v) is 12.1. The second kappa shape index (κ2) is 8.95. The third kappa shape index (κ3) is 4.20. The highest BCUT2D eigenvalue weighted by Crippen LogP contribution is 2.36. The summed E-state index contributed by atoms with van der Waals surface area (Å²) in [6, 6.07) is 6.46. The van der Waals surface area contributed by atoms with Crippen LogP contribution in [-0.4, -0.2) is 52.9 Å². The van der Waals surface area contributed by atoms with Gasteiger partial charge >= 0.3 is 0 Å². The third-order valence-electron chi connectivity index (χ3n) is 7.06. The number of morpholine rings is 1. The number of carbonyl (C=O) groups is 1. The topological polar surface area (TPSA) is 72.5 Å². The van der Waals surface area contributed by atoms with Gasteiger partial charge in [0, 0.05) is 41.8 Å². The first-order valence-electron chi connectivity index (χ1n) is 12.1. The molecule has 4 heterocycles. The van der Waals surface area contributed by atoms with Crippen molar-refractivity contribution < 1.29 is 14.1 Å². The largest absolute Gasteiger partial charge is 0.378 e. The lowest BCUT2D eigenvalue weighted by molar-refractivity contribution is -0.137. The zero-order valence-electron chi connectivity index (χ0n) is 20.1. The molecular weight excluding hydrogens is 416 g/mol. The molecule has 1 saturated heterocycles. The van der Waals surface area contributed by atoms with Gasteiger partial charge in [-0.15, -0.1) is 0 Å². The van der Waals surface area contributed by atoms with Crippen LogP contribution >= 0.6 is 0 Å². The van der Waals surface area contributed by atoms with Crippen LogP contribution in [0.3, 0.4) is 0 Å². The molecule has 2 aliphatic heterocycles. The van der Waals surface area contributed by atoms with Crippen LogP contribution in [0, 0.1) is 19.8 Å². The van der Waals surface area contributed by atoms with Gasteiger partial charge in [0.25, 0.3) is 0 Å². The molecule has 0 spiro atoms. The molecule has 1 amide bonds. The van der Waals surface area contributed by atoms with E-state index in [1.165, 1.54) is 22.0 Å². The molecule has 7 nitrogen and oxygen atoms in total. The van der Waals surface area contributed by atoms with E-state index in [0.29, 0.717) is 45.2 Å². The number of rotatable bonds is 5. The second-order valence-electron chi connectivity index (χ2n) is 9.87. The molecule has 2 aromatic heterocycles. The Morgan fingerprint density at radius 3 is 2.73 bits per heavy atom. The van der Waals surface area contributed by atoms with Gasteiger partial charge in [-0.25, -0.2) is 0 Å². The van der Waals surface area contributed by atoms with Gasteiger partial charge < -0.3 is 18.7 Å². The predicted molar refractivity (Wildman–Crippen MR) is 127 cm³/mol. The molecule has 1 N–H and O–H groups in total. The summed E-state index contributed by atoms with van der Waals surface area (Å²) < 4.78 is 13.2. The summed E-state index contributed by atoms with van der Waals surface area (Å²) in [6.07, 6.45) is 3.91. The van der Waals surface area contributed by atoms with Crippen molar-refractivity contribution in [2.24, 2.45) is 5.92 Å². The van der Waals surface area contributed by atoms with Crippen LogP contribution < -0.4 is 5.32 Å². The van der Waals surface area contributed by atoms with Crippen molar-refractivity contribution in [2.45, 2.75) is 59.2 Å². The Bertz CT molecular complexity index is 1140. The number of aromatic nitrogens is 2. The van der Waals surface area contributed by atoms with E-state index in [1.54, 1.807) is 0 Å². The SMILES string of the molecule is Cc1noc(C)c1Cn1cc2c3c(cccc31)[C@H](CC(C)C)N[C@H](C(=O)N1CCOCC1)C2. The molecule has 2 atom stereocenters. The van der Waals surface area contributed by atoms with Crippen LogP contribution in [0.15, 0.2) is 28.9 Å². The number of hydrogen-bond donors (Lipinski definition) is 1. The van der Waals surface area contributed by atoms with Crippen LogP contribution in [0.2, 0.25) is 0 Å². The standard InChI is InChI=1S/C26H34N4O3/c1-16(2)12-22-20-6-5-7-24-25(20)19(14-30(24)15-21-17(3)28-33-18(21)4)13-23(27-22)26(31)29-8-10-32-11-9-29/h5-7,14,16,22-23,27H,8-13,15H2,1-4H3/t22-,23-/m0/s1. The highest BCUT2D eigenvalue weighted by molar-refractivity contribution is 5.90. The Kier molecular flexibility index (Phi) is 6.01. The van der Waals surface area contributed by atoms with E-state index < -0.39 is 0 Å². The number of ether oxygens (including phenoxy) is 1. The highest BCUT2D eigenvalue weighted by atomic mass is 16.5. The van der Waals surface area contributed by atoms with E-state index in [-0.39, 0.29) is 18.0 Å². The van der Waals surface area contributed by atoms with Crippen LogP contribution in [0.5, 0.6) is 0 Å². The Morgan fingerprint density at radius 2 is 2.03 bits per heavy atom. The summed E-state index contributed by atoms with van der Waals surface area (Å²) in [5.41, 5.74) is 5.79. The molecule has 3 aromatic rings. The fourth-order valence-corrected chi connectivity index (χ4v) is 5.38. The lowest BCUT2D eigenvalue weighted by atomic mass is 9.94. The molecule has 7 heteroatoms. The third-order valence-corrected chi connectivity index (χ3v) is 7.06. The van der Waals surface area contributed by atoms with Gasteiger partial charge in [0.2, 0.25) is 5.91 Å². The lowest BCUT2D eigenvalue weighted by Crippen LogP contribution is -2.51. The quantitative estimate of drug-likeness (QED) is 0.641. The molecule has 1 fully saturated rings. The van der Waals surface area contributed by atoms with Gasteiger partial charge in [0.1, 0.15) is 5.76 Å². The minimum atomic E-state index is -0.239. The Balaban J connectivity index is 1.56. The molecule has 1 aromatic carbocycles. The minimum Gasteiger partial charge on any atom is -0.378 e. The number of nitrogens with zero attached hydrogens (tertiary/aromatic N) is 3. The predicted octanol–water partition coefficient (Wildman–Crippen LogP) is 3.75. The van der Waals surface area contributed by atoms with Crippen LogP contribution in [-0.2, 0) is 22.5 Å². The van der Waals surface area contributed by atoms with Crippen molar-refractivity contribution in [1.29, 1.82) is 0 Å². The average molecular weight is 451 g/mol. The maximum Gasteiger partial charge on any atom is 0.240 e. The zero-order valence-corrected chi connectivity index (χ0v) is 20.1. The van der Waals surface area contributed by atoms with Crippen LogP contribution in [0.4, 0.5) is 0 Å². The summed E-state index contributed by atoms with van der Waals surface area (Å²) >= 11 is 0. The molecule has 33 heavy (non-hydrogen) atoms. The van der Waals surface area contributed by atoms with E-state index in [0.717, 1.165) is 23.4 Å². The minimum absolute atomic E-state index is 0.139. The first kappa shape index (κ1) is 22.2. The maximum atomic E-state index is 13.5. The van der Waals surface area contributed by atoms with Crippen LogP contribution in [0.25, 0.3) is 10.9 Å². The van der Waals surface area contributed by atoms with E-state index in [9.17, 15) is 4.79 Å². The lowest BCUT2D eigenvalue weighted by Gasteiger charge is -2.32. The fraction of sp³-hybridized carbons (Fsp3) is 0.538. The van der Waals surface area contributed by atoms with E-state index in [2.05, 4.69) is 53.3 Å². The van der Waals surface area contributed by atoms with Gasteiger partial charge in [-0.3, -0.25) is 10.1 Å². The molecule has 0 saturated carbocycles. The van der Waals surface area contributed by atoms with Crippen molar-refractivity contribution in [1.82, 2.24) is 19.9 Å². The Morgan fingerprint density at radius 1 is 1.24 bits per heavy atom. The fourth-order valence-electron chi connectivity index (χ4n) is 5.38. The van der Waals surface area contributed by atoms with E-state index in [1.807, 2.05) is 18.7 Å². The number of benzene rings is 1. The van der Waals surface area contributed by atoms with Crippen molar-refractivity contribution in [3.8, 4) is 0 Å². The maximum absolute atomic E-state index is 13.5. The molecule has 0 unspecified atom stereocenters. The highest BCUT2D eigenvalue weighted by Gasteiger charge is 2.33.